The molecule has 0 bridgehead atoms. The Kier molecular flexibility index (Phi) is 3.84. The molecule has 0 aliphatic carbocycles. The number of benzene rings is 1. The minimum Gasteiger partial charge on any atom is -0.507 e. The van der Waals surface area contributed by atoms with E-state index < -0.39 is 0 Å². The number of aromatic hydroxyl groups is 1. The largest absolute Gasteiger partial charge is 0.507 e. The molecule has 1 heterocycles. The number of phenolic OH excluding ortho intramolecular Hbond substituents is 1. The summed E-state index contributed by atoms with van der Waals surface area (Å²) >= 11 is 0. The zero-order chi connectivity index (χ0) is 13.1. The molecule has 1 aliphatic heterocycles. The number of carbonyl (C=O) groups is 1. The normalized spacial score (nSPS) is 24.0. The fourth-order valence-corrected chi connectivity index (χ4v) is 2.05. The Morgan fingerprint density at radius 2 is 2.28 bits per heavy atom. The third kappa shape index (κ3) is 2.47. The van der Waals surface area contributed by atoms with Crippen molar-refractivity contribution in [2.45, 2.75) is 19.1 Å². The predicted molar refractivity (Wildman–Crippen MR) is 67.4 cm³/mol. The Bertz CT molecular complexity index is 436. The monoisotopic (exact) mass is 250 g/mol. The minimum atomic E-state index is -0.178. The average Bonchev–Trinajstić information content (AvgIpc) is 2.39. The Balaban J connectivity index is 2.19. The highest BCUT2D eigenvalue weighted by Gasteiger charge is 2.30. The van der Waals surface area contributed by atoms with E-state index in [-0.39, 0.29) is 23.8 Å². The van der Waals surface area contributed by atoms with E-state index in [0.29, 0.717) is 25.3 Å². The van der Waals surface area contributed by atoms with E-state index in [1.807, 2.05) is 6.92 Å². The lowest BCUT2D eigenvalue weighted by Gasteiger charge is -2.37. The van der Waals surface area contributed by atoms with Crippen LogP contribution in [0.25, 0.3) is 0 Å². The second-order valence-corrected chi connectivity index (χ2v) is 4.51. The molecule has 0 spiro atoms. The summed E-state index contributed by atoms with van der Waals surface area (Å²) in [4.78, 5) is 14.1. The number of nitrogens with zero attached hydrogens (tertiary/aromatic N) is 1. The number of para-hydroxylation sites is 1. The highest BCUT2D eigenvalue weighted by Crippen LogP contribution is 2.21. The van der Waals surface area contributed by atoms with Gasteiger partial charge >= 0.3 is 0 Å². The molecule has 2 rings (SSSR count). The molecule has 2 atom stereocenters. The molecule has 1 fully saturated rings. The van der Waals surface area contributed by atoms with Gasteiger partial charge in [-0.1, -0.05) is 12.1 Å². The van der Waals surface area contributed by atoms with Crippen molar-refractivity contribution < 1.29 is 14.6 Å². The number of morpholine rings is 1. The van der Waals surface area contributed by atoms with Crippen LogP contribution in [0.3, 0.4) is 0 Å². The lowest BCUT2D eigenvalue weighted by atomic mass is 10.1. The second kappa shape index (κ2) is 5.37. The standard InChI is InChI=1S/C13H18N2O3/c1-9-8-18-10(6-14)7-15(9)13(17)11-4-2-3-5-12(11)16/h2-5,9-10,16H,6-8,14H2,1H3. The zero-order valence-electron chi connectivity index (χ0n) is 10.4. The van der Waals surface area contributed by atoms with E-state index in [1.54, 1.807) is 23.1 Å². The summed E-state index contributed by atoms with van der Waals surface area (Å²) in [6.07, 6.45) is -0.129. The lowest BCUT2D eigenvalue weighted by Crippen LogP contribution is -2.52. The lowest BCUT2D eigenvalue weighted by molar-refractivity contribution is -0.0426. The molecule has 18 heavy (non-hydrogen) atoms. The molecule has 0 saturated carbocycles. The van der Waals surface area contributed by atoms with Crippen LogP contribution in [0.4, 0.5) is 0 Å². The third-order valence-corrected chi connectivity index (χ3v) is 3.16. The molecule has 1 aromatic rings. The smallest absolute Gasteiger partial charge is 0.258 e. The maximum Gasteiger partial charge on any atom is 0.258 e. The van der Waals surface area contributed by atoms with Gasteiger partial charge in [0.25, 0.3) is 5.91 Å². The average molecular weight is 250 g/mol. The van der Waals surface area contributed by atoms with Gasteiger partial charge < -0.3 is 20.5 Å². The highest BCUT2D eigenvalue weighted by atomic mass is 16.5. The molecule has 5 nitrogen and oxygen atoms in total. The third-order valence-electron chi connectivity index (χ3n) is 3.16. The zero-order valence-corrected chi connectivity index (χ0v) is 10.4. The van der Waals surface area contributed by atoms with Crippen molar-refractivity contribution in [3.05, 3.63) is 29.8 Å². The minimum absolute atomic E-state index is 0.00508. The van der Waals surface area contributed by atoms with Crippen molar-refractivity contribution in [2.75, 3.05) is 19.7 Å². The van der Waals surface area contributed by atoms with E-state index in [4.69, 9.17) is 10.5 Å². The maximum absolute atomic E-state index is 12.4. The molecule has 0 radical (unpaired) electrons. The Morgan fingerprint density at radius 3 is 2.94 bits per heavy atom. The summed E-state index contributed by atoms with van der Waals surface area (Å²) in [6, 6.07) is 6.55. The molecule has 5 heteroatoms. The van der Waals surface area contributed by atoms with Gasteiger partial charge in [-0.2, -0.15) is 0 Å². The van der Waals surface area contributed by atoms with E-state index in [2.05, 4.69) is 0 Å². The van der Waals surface area contributed by atoms with Crippen LogP contribution in [0.1, 0.15) is 17.3 Å². The van der Waals surface area contributed by atoms with Gasteiger partial charge in [-0.05, 0) is 19.1 Å². The van der Waals surface area contributed by atoms with Crippen molar-refractivity contribution in [1.82, 2.24) is 4.90 Å². The first-order valence-electron chi connectivity index (χ1n) is 6.04. The van der Waals surface area contributed by atoms with Crippen molar-refractivity contribution in [1.29, 1.82) is 0 Å². The van der Waals surface area contributed by atoms with Gasteiger partial charge in [-0.25, -0.2) is 0 Å². The molecule has 1 aliphatic rings. The van der Waals surface area contributed by atoms with Crippen molar-refractivity contribution >= 4 is 5.91 Å². The van der Waals surface area contributed by atoms with Crippen molar-refractivity contribution in [3.8, 4) is 5.75 Å². The second-order valence-electron chi connectivity index (χ2n) is 4.51. The molecule has 1 amide bonds. The van der Waals surface area contributed by atoms with Gasteiger partial charge in [-0.15, -0.1) is 0 Å². The number of nitrogens with two attached hydrogens (primary N) is 1. The van der Waals surface area contributed by atoms with Crippen LogP contribution in [0.2, 0.25) is 0 Å². The summed E-state index contributed by atoms with van der Waals surface area (Å²) in [6.45, 7) is 3.24. The van der Waals surface area contributed by atoms with Crippen LogP contribution < -0.4 is 5.73 Å². The number of hydrogen-bond acceptors (Lipinski definition) is 4. The molecule has 1 saturated heterocycles. The molecule has 2 unspecified atom stereocenters. The van der Waals surface area contributed by atoms with Crippen LogP contribution >= 0.6 is 0 Å². The van der Waals surface area contributed by atoms with Crippen LogP contribution in [-0.4, -0.2) is 47.8 Å². The number of hydrogen-bond donors (Lipinski definition) is 2. The summed E-state index contributed by atoms with van der Waals surface area (Å²) in [5, 5.41) is 9.72. The Morgan fingerprint density at radius 1 is 1.56 bits per heavy atom. The SMILES string of the molecule is CC1COC(CN)CN1C(=O)c1ccccc1O. The van der Waals surface area contributed by atoms with Gasteiger partial charge in [0.15, 0.2) is 0 Å². The van der Waals surface area contributed by atoms with Crippen molar-refractivity contribution in [2.24, 2.45) is 5.73 Å². The van der Waals surface area contributed by atoms with Gasteiger partial charge in [-0.3, -0.25) is 4.79 Å². The quantitative estimate of drug-likeness (QED) is 0.805. The van der Waals surface area contributed by atoms with Crippen molar-refractivity contribution in [3.63, 3.8) is 0 Å². The fourth-order valence-electron chi connectivity index (χ4n) is 2.05. The molecule has 98 valence electrons. The van der Waals surface area contributed by atoms with Crippen LogP contribution in [-0.2, 0) is 4.74 Å². The van der Waals surface area contributed by atoms with Crippen LogP contribution in [0.15, 0.2) is 24.3 Å². The van der Waals surface area contributed by atoms with Gasteiger partial charge in [0.2, 0.25) is 0 Å². The van der Waals surface area contributed by atoms with Gasteiger partial charge in [0, 0.05) is 13.1 Å². The number of carbonyl (C=O) groups excluding carboxylic acids is 1. The number of phenols is 1. The van der Waals surface area contributed by atoms with E-state index in [1.165, 1.54) is 6.07 Å². The Labute approximate surface area is 106 Å². The van der Waals surface area contributed by atoms with E-state index in [0.717, 1.165) is 0 Å². The summed E-state index contributed by atoms with van der Waals surface area (Å²) in [5.74, 6) is -0.173. The molecular weight excluding hydrogens is 232 g/mol. The Hall–Kier alpha value is -1.59. The van der Waals surface area contributed by atoms with Crippen LogP contribution in [0, 0.1) is 0 Å². The van der Waals surface area contributed by atoms with E-state index >= 15 is 0 Å². The molecule has 1 aromatic carbocycles. The first-order chi connectivity index (χ1) is 8.63. The summed E-state index contributed by atoms with van der Waals surface area (Å²) in [5.41, 5.74) is 5.89. The topological polar surface area (TPSA) is 75.8 Å². The van der Waals surface area contributed by atoms with E-state index in [9.17, 15) is 9.90 Å². The first-order valence-corrected chi connectivity index (χ1v) is 6.04. The van der Waals surface area contributed by atoms with Crippen LogP contribution in [0.5, 0.6) is 5.75 Å². The van der Waals surface area contributed by atoms with Gasteiger partial charge in [0.1, 0.15) is 5.75 Å². The number of ether oxygens (including phenoxy) is 1. The highest BCUT2D eigenvalue weighted by molar-refractivity contribution is 5.97. The first kappa shape index (κ1) is 12.9. The molecule has 3 N–H and O–H groups in total. The molecule has 0 aromatic heterocycles. The summed E-state index contributed by atoms with van der Waals surface area (Å²) in [7, 11) is 0. The fraction of sp³-hybridized carbons (Fsp3) is 0.462. The molecular formula is C13H18N2O3. The maximum atomic E-state index is 12.4. The van der Waals surface area contributed by atoms with Gasteiger partial charge in [0.05, 0.1) is 24.3 Å². The predicted octanol–water partition coefficient (Wildman–Crippen LogP) is 0.580. The summed E-state index contributed by atoms with van der Waals surface area (Å²) < 4.78 is 5.50. The number of rotatable bonds is 2. The number of amides is 1.